The van der Waals surface area contributed by atoms with Gasteiger partial charge in [0.05, 0.1) is 0 Å². The van der Waals surface area contributed by atoms with Gasteiger partial charge in [-0.2, -0.15) is 0 Å². The Morgan fingerprint density at radius 1 is 0.895 bits per heavy atom. The fourth-order valence-corrected chi connectivity index (χ4v) is 2.05. The smallest absolute Gasteiger partial charge is 0.119 e. The van der Waals surface area contributed by atoms with Crippen molar-refractivity contribution in [1.29, 1.82) is 0 Å². The van der Waals surface area contributed by atoms with Crippen molar-refractivity contribution in [2.75, 3.05) is 6.61 Å². The molecule has 0 amide bonds. The van der Waals surface area contributed by atoms with Gasteiger partial charge in [-0.15, -0.1) is 0 Å². The van der Waals surface area contributed by atoms with Crippen LogP contribution in [-0.2, 0) is 0 Å². The lowest BCUT2D eigenvalue weighted by molar-refractivity contribution is 0.264. The van der Waals surface area contributed by atoms with E-state index in [1.807, 2.05) is 36.4 Å². The molecule has 0 aromatic heterocycles. The first-order valence-corrected chi connectivity index (χ1v) is 6.74. The predicted octanol–water partition coefficient (Wildman–Crippen LogP) is 3.80. The van der Waals surface area contributed by atoms with Crippen LogP contribution in [0.25, 0.3) is 0 Å². The molecule has 2 rings (SSSR count). The van der Waals surface area contributed by atoms with Crippen LogP contribution in [0.15, 0.2) is 60.7 Å². The minimum absolute atomic E-state index is 0.301. The van der Waals surface area contributed by atoms with Crippen LogP contribution in [0.5, 0.6) is 5.75 Å². The first-order chi connectivity index (χ1) is 9.25. The second kappa shape index (κ2) is 6.95. The van der Waals surface area contributed by atoms with Crippen molar-refractivity contribution in [3.63, 3.8) is 0 Å². The molecule has 0 aliphatic heterocycles. The van der Waals surface area contributed by atoms with E-state index in [0.29, 0.717) is 18.7 Å². The lowest BCUT2D eigenvalue weighted by Gasteiger charge is -2.20. The van der Waals surface area contributed by atoms with Crippen LogP contribution in [-0.4, -0.2) is 12.6 Å². The second-order valence-corrected chi connectivity index (χ2v) is 4.82. The van der Waals surface area contributed by atoms with Crippen molar-refractivity contribution in [2.24, 2.45) is 0 Å². The third-order valence-corrected chi connectivity index (χ3v) is 3.08. The maximum Gasteiger partial charge on any atom is 0.119 e. The monoisotopic (exact) mass is 255 g/mol. The normalized spacial score (nSPS) is 13.8. The van der Waals surface area contributed by atoms with E-state index in [0.717, 1.165) is 5.75 Å². The fraction of sp³-hybridized carbons (Fsp3) is 0.294. The number of ether oxygens (including phenoxy) is 1. The van der Waals surface area contributed by atoms with E-state index in [4.69, 9.17) is 4.74 Å². The van der Waals surface area contributed by atoms with Crippen LogP contribution in [0, 0.1) is 0 Å². The van der Waals surface area contributed by atoms with E-state index < -0.39 is 0 Å². The van der Waals surface area contributed by atoms with Gasteiger partial charge in [-0.3, -0.25) is 0 Å². The Morgan fingerprint density at radius 2 is 1.47 bits per heavy atom. The maximum absolute atomic E-state index is 5.74. The standard InChI is InChI=1S/C17H21NO/c1-14(13-19-17-11-7-4-8-12-17)18-15(2)16-9-5-3-6-10-16/h3-12,14-15,18H,13H2,1-2H3. The molecule has 0 bridgehead atoms. The SMILES string of the molecule is CC(COc1ccccc1)NC(C)c1ccccc1. The zero-order valence-electron chi connectivity index (χ0n) is 11.5. The summed E-state index contributed by atoms with van der Waals surface area (Å²) in [5.41, 5.74) is 1.30. The van der Waals surface area contributed by atoms with Crippen LogP contribution < -0.4 is 10.1 Å². The number of hydrogen-bond donors (Lipinski definition) is 1. The van der Waals surface area contributed by atoms with Gasteiger partial charge in [-0.1, -0.05) is 48.5 Å². The van der Waals surface area contributed by atoms with Gasteiger partial charge in [0.1, 0.15) is 12.4 Å². The second-order valence-electron chi connectivity index (χ2n) is 4.82. The van der Waals surface area contributed by atoms with Crippen molar-refractivity contribution < 1.29 is 4.74 Å². The predicted molar refractivity (Wildman–Crippen MR) is 79.4 cm³/mol. The summed E-state index contributed by atoms with van der Waals surface area (Å²) in [6.45, 7) is 4.98. The van der Waals surface area contributed by atoms with Crippen LogP contribution in [0.4, 0.5) is 0 Å². The lowest BCUT2D eigenvalue weighted by atomic mass is 10.1. The van der Waals surface area contributed by atoms with Crippen molar-refractivity contribution in [3.05, 3.63) is 66.2 Å². The zero-order chi connectivity index (χ0) is 13.5. The Bertz CT molecular complexity index is 469. The highest BCUT2D eigenvalue weighted by Gasteiger charge is 2.09. The summed E-state index contributed by atoms with van der Waals surface area (Å²) in [6, 6.07) is 21.0. The van der Waals surface area contributed by atoms with Crippen LogP contribution in [0.3, 0.4) is 0 Å². The molecule has 0 spiro atoms. The highest BCUT2D eigenvalue weighted by molar-refractivity contribution is 5.21. The molecule has 2 atom stereocenters. The van der Waals surface area contributed by atoms with Crippen molar-refractivity contribution in [3.8, 4) is 5.75 Å². The average Bonchev–Trinajstić information content (AvgIpc) is 2.47. The van der Waals surface area contributed by atoms with E-state index in [-0.39, 0.29) is 0 Å². The molecule has 0 aliphatic carbocycles. The summed E-state index contributed by atoms with van der Waals surface area (Å²) >= 11 is 0. The molecule has 2 aromatic carbocycles. The molecule has 0 aliphatic rings. The van der Waals surface area contributed by atoms with Crippen LogP contribution in [0.2, 0.25) is 0 Å². The molecule has 2 aromatic rings. The Morgan fingerprint density at radius 3 is 2.11 bits per heavy atom. The number of para-hydroxylation sites is 1. The van der Waals surface area contributed by atoms with Crippen LogP contribution in [0.1, 0.15) is 25.5 Å². The van der Waals surface area contributed by atoms with Gasteiger partial charge in [-0.25, -0.2) is 0 Å². The summed E-state index contributed by atoms with van der Waals surface area (Å²) < 4.78 is 5.74. The van der Waals surface area contributed by atoms with E-state index in [2.05, 4.69) is 43.4 Å². The third kappa shape index (κ3) is 4.42. The van der Waals surface area contributed by atoms with Gasteiger partial charge in [0.2, 0.25) is 0 Å². The first kappa shape index (κ1) is 13.6. The molecule has 2 unspecified atom stereocenters. The molecule has 0 saturated heterocycles. The minimum Gasteiger partial charge on any atom is -0.492 e. The van der Waals surface area contributed by atoms with Gasteiger partial charge in [-0.05, 0) is 31.5 Å². The van der Waals surface area contributed by atoms with Gasteiger partial charge in [0.15, 0.2) is 0 Å². The zero-order valence-corrected chi connectivity index (χ0v) is 11.5. The molecule has 100 valence electrons. The number of rotatable bonds is 6. The number of nitrogens with one attached hydrogen (secondary N) is 1. The van der Waals surface area contributed by atoms with Crippen molar-refractivity contribution in [1.82, 2.24) is 5.32 Å². The molecular weight excluding hydrogens is 234 g/mol. The summed E-state index contributed by atoms with van der Waals surface area (Å²) in [4.78, 5) is 0. The van der Waals surface area contributed by atoms with E-state index in [1.165, 1.54) is 5.56 Å². The molecule has 2 heteroatoms. The van der Waals surface area contributed by atoms with Gasteiger partial charge in [0.25, 0.3) is 0 Å². The van der Waals surface area contributed by atoms with Crippen molar-refractivity contribution in [2.45, 2.75) is 25.9 Å². The van der Waals surface area contributed by atoms with Gasteiger partial charge < -0.3 is 10.1 Å². The molecule has 1 N–H and O–H groups in total. The highest BCUT2D eigenvalue weighted by Crippen LogP contribution is 2.13. The lowest BCUT2D eigenvalue weighted by Crippen LogP contribution is -2.33. The summed E-state index contributed by atoms with van der Waals surface area (Å²) in [5.74, 6) is 0.920. The Kier molecular flexibility index (Phi) is 4.99. The largest absolute Gasteiger partial charge is 0.492 e. The maximum atomic E-state index is 5.74. The highest BCUT2D eigenvalue weighted by atomic mass is 16.5. The van der Waals surface area contributed by atoms with E-state index in [1.54, 1.807) is 0 Å². The summed E-state index contributed by atoms with van der Waals surface area (Å²) in [6.07, 6.45) is 0. The molecule has 0 heterocycles. The van der Waals surface area contributed by atoms with Gasteiger partial charge >= 0.3 is 0 Å². The van der Waals surface area contributed by atoms with E-state index >= 15 is 0 Å². The van der Waals surface area contributed by atoms with Crippen LogP contribution >= 0.6 is 0 Å². The Balaban J connectivity index is 1.80. The van der Waals surface area contributed by atoms with Gasteiger partial charge in [0, 0.05) is 12.1 Å². The molecule has 19 heavy (non-hydrogen) atoms. The average molecular weight is 255 g/mol. The summed E-state index contributed by atoms with van der Waals surface area (Å²) in [5, 5.41) is 3.54. The Hall–Kier alpha value is -1.80. The fourth-order valence-electron chi connectivity index (χ4n) is 2.05. The molecule has 0 saturated carbocycles. The topological polar surface area (TPSA) is 21.3 Å². The molecule has 0 radical (unpaired) electrons. The molecule has 0 fully saturated rings. The van der Waals surface area contributed by atoms with Crippen molar-refractivity contribution >= 4 is 0 Å². The third-order valence-electron chi connectivity index (χ3n) is 3.08. The Labute approximate surface area is 115 Å². The quantitative estimate of drug-likeness (QED) is 0.847. The number of hydrogen-bond acceptors (Lipinski definition) is 2. The molecule has 2 nitrogen and oxygen atoms in total. The molecular formula is C17H21NO. The number of benzene rings is 2. The summed E-state index contributed by atoms with van der Waals surface area (Å²) in [7, 11) is 0. The minimum atomic E-state index is 0.301. The first-order valence-electron chi connectivity index (χ1n) is 6.74. The van der Waals surface area contributed by atoms with E-state index in [9.17, 15) is 0 Å².